The number of rotatable bonds is 6. The van der Waals surface area contributed by atoms with Gasteiger partial charge in [-0.05, 0) is 37.8 Å². The molecule has 2 N–H and O–H groups in total. The second-order valence-corrected chi connectivity index (χ2v) is 5.93. The van der Waals surface area contributed by atoms with Gasteiger partial charge in [-0.1, -0.05) is 37.3 Å². The van der Waals surface area contributed by atoms with Crippen LogP contribution in [0, 0.1) is 5.92 Å². The first kappa shape index (κ1) is 15.5. The Morgan fingerprint density at radius 3 is 2.70 bits per heavy atom. The molecule has 0 aliphatic carbocycles. The highest BCUT2D eigenvalue weighted by Crippen LogP contribution is 2.23. The van der Waals surface area contributed by atoms with Gasteiger partial charge in [-0.3, -0.25) is 0 Å². The lowest BCUT2D eigenvalue weighted by Crippen LogP contribution is -2.43. The molecule has 1 heterocycles. The van der Waals surface area contributed by atoms with E-state index in [1.807, 2.05) is 6.07 Å². The molecule has 1 fully saturated rings. The SMILES string of the molecule is CCC(C(N)c1ccccc1)N(C)CC1CCCOC1. The number of hydrogen-bond donors (Lipinski definition) is 1. The zero-order valence-corrected chi connectivity index (χ0v) is 12.8. The number of ether oxygens (including phenoxy) is 1. The molecule has 0 radical (unpaired) electrons. The third-order valence-electron chi connectivity index (χ3n) is 4.38. The topological polar surface area (TPSA) is 38.5 Å². The van der Waals surface area contributed by atoms with Gasteiger partial charge in [-0.25, -0.2) is 0 Å². The molecule has 3 unspecified atom stereocenters. The first-order chi connectivity index (χ1) is 9.72. The van der Waals surface area contributed by atoms with Gasteiger partial charge in [-0.2, -0.15) is 0 Å². The van der Waals surface area contributed by atoms with E-state index in [4.69, 9.17) is 10.5 Å². The fourth-order valence-electron chi connectivity index (χ4n) is 3.23. The third kappa shape index (κ3) is 4.05. The van der Waals surface area contributed by atoms with Crippen molar-refractivity contribution < 1.29 is 4.74 Å². The van der Waals surface area contributed by atoms with Crippen LogP contribution in [0.5, 0.6) is 0 Å². The van der Waals surface area contributed by atoms with Gasteiger partial charge in [0.1, 0.15) is 0 Å². The van der Waals surface area contributed by atoms with Crippen molar-refractivity contribution in [3.63, 3.8) is 0 Å². The fraction of sp³-hybridized carbons (Fsp3) is 0.647. The highest BCUT2D eigenvalue weighted by atomic mass is 16.5. The smallest absolute Gasteiger partial charge is 0.0506 e. The average Bonchev–Trinajstić information content (AvgIpc) is 2.49. The van der Waals surface area contributed by atoms with Crippen molar-refractivity contribution in [3.05, 3.63) is 35.9 Å². The summed E-state index contributed by atoms with van der Waals surface area (Å²) in [6.07, 6.45) is 3.54. The van der Waals surface area contributed by atoms with Gasteiger partial charge in [0.05, 0.1) is 6.61 Å². The minimum absolute atomic E-state index is 0.0794. The van der Waals surface area contributed by atoms with Crippen LogP contribution in [-0.2, 0) is 4.74 Å². The Balaban J connectivity index is 1.95. The second-order valence-electron chi connectivity index (χ2n) is 5.93. The van der Waals surface area contributed by atoms with Gasteiger partial charge >= 0.3 is 0 Å². The van der Waals surface area contributed by atoms with Crippen LogP contribution in [0.2, 0.25) is 0 Å². The van der Waals surface area contributed by atoms with Crippen molar-refractivity contribution in [2.24, 2.45) is 11.7 Å². The van der Waals surface area contributed by atoms with E-state index >= 15 is 0 Å². The molecule has 0 spiro atoms. The van der Waals surface area contributed by atoms with Crippen LogP contribution in [0.25, 0.3) is 0 Å². The molecule has 1 aliphatic heterocycles. The normalized spacial score (nSPS) is 22.7. The third-order valence-corrected chi connectivity index (χ3v) is 4.38. The van der Waals surface area contributed by atoms with Crippen molar-refractivity contribution in [1.29, 1.82) is 0 Å². The molecule has 1 saturated heterocycles. The van der Waals surface area contributed by atoms with Crippen LogP contribution in [0.1, 0.15) is 37.8 Å². The lowest BCUT2D eigenvalue weighted by molar-refractivity contribution is 0.0337. The maximum absolute atomic E-state index is 6.48. The van der Waals surface area contributed by atoms with Gasteiger partial charge < -0.3 is 15.4 Å². The number of benzene rings is 1. The summed E-state index contributed by atoms with van der Waals surface area (Å²) < 4.78 is 5.58. The van der Waals surface area contributed by atoms with E-state index in [9.17, 15) is 0 Å². The second kappa shape index (κ2) is 7.77. The lowest BCUT2D eigenvalue weighted by atomic mass is 9.95. The van der Waals surface area contributed by atoms with Gasteiger partial charge in [0.25, 0.3) is 0 Å². The van der Waals surface area contributed by atoms with Crippen LogP contribution >= 0.6 is 0 Å². The van der Waals surface area contributed by atoms with Crippen LogP contribution in [0.3, 0.4) is 0 Å². The summed E-state index contributed by atoms with van der Waals surface area (Å²) in [5, 5.41) is 0. The predicted octanol–water partition coefficient (Wildman–Crippen LogP) is 2.82. The van der Waals surface area contributed by atoms with E-state index in [-0.39, 0.29) is 6.04 Å². The molecule has 1 aliphatic rings. The van der Waals surface area contributed by atoms with Crippen LogP contribution in [-0.4, -0.2) is 37.7 Å². The summed E-state index contributed by atoms with van der Waals surface area (Å²) in [4.78, 5) is 2.43. The quantitative estimate of drug-likeness (QED) is 0.868. The first-order valence-electron chi connectivity index (χ1n) is 7.81. The molecule has 3 nitrogen and oxygen atoms in total. The molecule has 0 aromatic heterocycles. The average molecular weight is 276 g/mol. The molecular weight excluding hydrogens is 248 g/mol. The Kier molecular flexibility index (Phi) is 6.02. The Bertz CT molecular complexity index is 376. The van der Waals surface area contributed by atoms with Gasteiger partial charge in [0, 0.05) is 25.2 Å². The molecule has 0 bridgehead atoms. The van der Waals surface area contributed by atoms with E-state index in [1.165, 1.54) is 18.4 Å². The van der Waals surface area contributed by atoms with Crippen molar-refractivity contribution in [2.75, 3.05) is 26.8 Å². The zero-order valence-electron chi connectivity index (χ0n) is 12.8. The monoisotopic (exact) mass is 276 g/mol. The summed E-state index contributed by atoms with van der Waals surface area (Å²) in [6.45, 7) is 5.14. The highest BCUT2D eigenvalue weighted by Gasteiger charge is 2.25. The van der Waals surface area contributed by atoms with Crippen LogP contribution < -0.4 is 5.73 Å². The van der Waals surface area contributed by atoms with Crippen molar-refractivity contribution >= 4 is 0 Å². The maximum Gasteiger partial charge on any atom is 0.0506 e. The van der Waals surface area contributed by atoms with E-state index in [2.05, 4.69) is 43.1 Å². The molecule has 0 saturated carbocycles. The summed E-state index contributed by atoms with van der Waals surface area (Å²) in [5.41, 5.74) is 7.71. The molecule has 2 rings (SSSR count). The molecular formula is C17H28N2O. The minimum atomic E-state index is 0.0794. The summed E-state index contributed by atoms with van der Waals surface area (Å²) >= 11 is 0. The summed E-state index contributed by atoms with van der Waals surface area (Å²) in [7, 11) is 2.20. The minimum Gasteiger partial charge on any atom is -0.381 e. The Labute approximate surface area is 123 Å². The van der Waals surface area contributed by atoms with E-state index in [0.717, 1.165) is 26.2 Å². The van der Waals surface area contributed by atoms with Crippen molar-refractivity contribution in [2.45, 2.75) is 38.3 Å². The van der Waals surface area contributed by atoms with E-state index < -0.39 is 0 Å². The molecule has 3 heteroatoms. The largest absolute Gasteiger partial charge is 0.381 e. The van der Waals surface area contributed by atoms with Gasteiger partial charge in [0.2, 0.25) is 0 Å². The first-order valence-corrected chi connectivity index (χ1v) is 7.81. The number of nitrogens with two attached hydrogens (primary N) is 1. The molecule has 1 aromatic carbocycles. The summed E-state index contributed by atoms with van der Waals surface area (Å²) in [5.74, 6) is 0.658. The molecule has 0 amide bonds. The standard InChI is InChI=1S/C17H28N2O/c1-3-16(17(18)15-9-5-4-6-10-15)19(2)12-14-8-7-11-20-13-14/h4-6,9-10,14,16-17H,3,7-8,11-13,18H2,1-2H3. The Morgan fingerprint density at radius 2 is 2.10 bits per heavy atom. The molecule has 20 heavy (non-hydrogen) atoms. The van der Waals surface area contributed by atoms with Crippen molar-refractivity contribution in [1.82, 2.24) is 4.90 Å². The van der Waals surface area contributed by atoms with Gasteiger partial charge in [-0.15, -0.1) is 0 Å². The van der Waals surface area contributed by atoms with Crippen LogP contribution in [0.4, 0.5) is 0 Å². The van der Waals surface area contributed by atoms with Crippen molar-refractivity contribution in [3.8, 4) is 0 Å². The predicted molar refractivity (Wildman–Crippen MR) is 83.6 cm³/mol. The number of nitrogens with zero attached hydrogens (tertiary/aromatic N) is 1. The zero-order chi connectivity index (χ0) is 14.4. The lowest BCUT2D eigenvalue weighted by Gasteiger charge is -2.35. The molecule has 1 aromatic rings. The summed E-state index contributed by atoms with van der Waals surface area (Å²) in [6, 6.07) is 10.9. The fourth-order valence-corrected chi connectivity index (χ4v) is 3.23. The van der Waals surface area contributed by atoms with E-state index in [1.54, 1.807) is 0 Å². The Hall–Kier alpha value is -0.900. The maximum atomic E-state index is 6.48. The molecule has 112 valence electrons. The highest BCUT2D eigenvalue weighted by molar-refractivity contribution is 5.20. The number of likely N-dealkylation sites (N-methyl/N-ethyl adjacent to an activating group) is 1. The van der Waals surface area contributed by atoms with E-state index in [0.29, 0.717) is 12.0 Å². The Morgan fingerprint density at radius 1 is 1.35 bits per heavy atom. The van der Waals surface area contributed by atoms with Crippen LogP contribution in [0.15, 0.2) is 30.3 Å². The van der Waals surface area contributed by atoms with Gasteiger partial charge in [0.15, 0.2) is 0 Å². The number of hydrogen-bond acceptors (Lipinski definition) is 3. The molecule has 3 atom stereocenters.